The summed E-state index contributed by atoms with van der Waals surface area (Å²) in [6, 6.07) is 21.3. The molecule has 2 heterocycles. The van der Waals surface area contributed by atoms with Gasteiger partial charge in [0.2, 0.25) is 0 Å². The fraction of sp³-hybridized carbons (Fsp3) is 0.300. The van der Waals surface area contributed by atoms with Gasteiger partial charge in [-0.25, -0.2) is 0 Å². The summed E-state index contributed by atoms with van der Waals surface area (Å²) in [6.07, 6.45) is 3.02. The average Bonchev–Trinajstić information content (AvgIpc) is 3.69. The van der Waals surface area contributed by atoms with E-state index in [1.165, 1.54) is 0 Å². The molecular formula is C40H42ClN3O9. The molecule has 0 bridgehead atoms. The number of amides is 1. The van der Waals surface area contributed by atoms with Crippen LogP contribution in [-0.2, 0) is 26.4 Å². The molecule has 0 saturated carbocycles. The number of unbranched alkanes of at least 4 members (excludes halogenated alkanes) is 3. The summed E-state index contributed by atoms with van der Waals surface area (Å²) < 4.78 is 23.3. The molecule has 6 N–H and O–H groups in total. The van der Waals surface area contributed by atoms with Crippen molar-refractivity contribution >= 4 is 23.2 Å². The number of carbonyl (C=O) groups is 1. The first-order valence-corrected chi connectivity index (χ1v) is 17.7. The molecule has 0 fully saturated rings. The van der Waals surface area contributed by atoms with Crippen LogP contribution in [0.5, 0.6) is 17.2 Å². The average molecular weight is 744 g/mol. The van der Waals surface area contributed by atoms with Crippen molar-refractivity contribution in [2.75, 3.05) is 25.6 Å². The van der Waals surface area contributed by atoms with Gasteiger partial charge in [-0.15, -0.1) is 0 Å². The first-order chi connectivity index (χ1) is 25.8. The molecule has 1 atom stereocenters. The van der Waals surface area contributed by atoms with Crippen molar-refractivity contribution in [1.82, 2.24) is 10.5 Å². The molecule has 278 valence electrons. The number of rotatable bonds is 17. The van der Waals surface area contributed by atoms with Crippen molar-refractivity contribution in [3.63, 3.8) is 0 Å². The van der Waals surface area contributed by atoms with Gasteiger partial charge < -0.3 is 49.8 Å². The fourth-order valence-corrected chi connectivity index (χ4v) is 6.46. The maximum Gasteiger partial charge on any atom is 0.255 e. The Hall–Kier alpha value is -5.11. The second-order valence-electron chi connectivity index (χ2n) is 12.6. The van der Waals surface area contributed by atoms with E-state index in [4.69, 9.17) is 30.3 Å². The normalized spacial score (nSPS) is 13.6. The van der Waals surface area contributed by atoms with Crippen LogP contribution in [0.4, 0.5) is 5.69 Å². The van der Waals surface area contributed by atoms with Gasteiger partial charge in [0.05, 0.1) is 52.3 Å². The molecule has 0 spiro atoms. The molecular weight excluding hydrogens is 702 g/mol. The Bertz CT molecular complexity index is 2030. The Morgan fingerprint density at radius 3 is 2.09 bits per heavy atom. The molecule has 0 aliphatic carbocycles. The van der Waals surface area contributed by atoms with Crippen LogP contribution in [0.15, 0.2) is 77.3 Å². The number of halogens is 1. The summed E-state index contributed by atoms with van der Waals surface area (Å²) in [6.45, 7) is -0.109. The minimum atomic E-state index is -0.458. The van der Waals surface area contributed by atoms with Gasteiger partial charge in [0.15, 0.2) is 17.3 Å². The summed E-state index contributed by atoms with van der Waals surface area (Å²) in [4.78, 5) is 12.6. The van der Waals surface area contributed by atoms with E-state index in [9.17, 15) is 25.2 Å². The number of nitrogens with zero attached hydrogens (tertiary/aromatic N) is 1. The molecule has 5 aromatic rings. The number of carbonyl (C=O) groups excluding carboxylic acids is 1. The number of hydrogen-bond acceptors (Lipinski definition) is 11. The van der Waals surface area contributed by atoms with Crippen molar-refractivity contribution in [3.8, 4) is 39.8 Å². The van der Waals surface area contributed by atoms with Crippen LogP contribution in [-0.4, -0.2) is 51.8 Å². The van der Waals surface area contributed by atoms with Gasteiger partial charge >= 0.3 is 0 Å². The number of methoxy groups -OCH3 is 1. The van der Waals surface area contributed by atoms with E-state index < -0.39 is 6.17 Å². The maximum absolute atomic E-state index is 12.6. The smallest absolute Gasteiger partial charge is 0.255 e. The molecule has 1 amide bonds. The summed E-state index contributed by atoms with van der Waals surface area (Å²) in [5.41, 5.74) is 6.06. The highest BCUT2D eigenvalue weighted by Crippen LogP contribution is 2.35. The van der Waals surface area contributed by atoms with Gasteiger partial charge in [-0.3, -0.25) is 4.79 Å². The maximum atomic E-state index is 12.6. The first-order valence-electron chi connectivity index (χ1n) is 17.3. The Morgan fingerprint density at radius 2 is 1.42 bits per heavy atom. The highest BCUT2D eigenvalue weighted by Gasteiger charge is 2.25. The quantitative estimate of drug-likeness (QED) is 0.0573. The van der Waals surface area contributed by atoms with Crippen molar-refractivity contribution in [1.29, 1.82) is 0 Å². The third-order valence-electron chi connectivity index (χ3n) is 9.13. The third kappa shape index (κ3) is 8.75. The van der Waals surface area contributed by atoms with E-state index >= 15 is 0 Å². The zero-order valence-corrected chi connectivity index (χ0v) is 30.0. The standard InChI is InChI=1S/C40H42ClN3O9/c1-50-36-11-6-24(34-19-37(53-44-34)26-15-27(20-45)32(23-48)28(16-26)21-46)17-38(36)52-13-5-3-2-4-12-51-35-10-7-25(14-29(35)22-47)39-42-33-9-8-30(41)18-31(33)40(49)43-39/h6-11,14-19,39,42,45-48H,2-5,12-13,20-23H2,1H3,(H,43,49). The number of aromatic nitrogens is 1. The lowest BCUT2D eigenvalue weighted by Gasteiger charge is -2.28. The van der Waals surface area contributed by atoms with E-state index in [2.05, 4.69) is 15.8 Å². The Labute approximate surface area is 311 Å². The van der Waals surface area contributed by atoms with Crippen LogP contribution in [0.1, 0.15) is 70.0 Å². The van der Waals surface area contributed by atoms with Crippen molar-refractivity contribution in [2.24, 2.45) is 0 Å². The van der Waals surface area contributed by atoms with Gasteiger partial charge in [-0.2, -0.15) is 0 Å². The number of anilines is 1. The zero-order chi connectivity index (χ0) is 37.3. The highest BCUT2D eigenvalue weighted by molar-refractivity contribution is 6.31. The summed E-state index contributed by atoms with van der Waals surface area (Å²) in [5, 5.41) is 50.3. The van der Waals surface area contributed by atoms with Crippen molar-refractivity contribution in [3.05, 3.63) is 111 Å². The van der Waals surface area contributed by atoms with Gasteiger partial charge in [0, 0.05) is 33.5 Å². The molecule has 6 rings (SSSR count). The molecule has 12 nitrogen and oxygen atoms in total. The van der Waals surface area contributed by atoms with Gasteiger partial charge in [-0.1, -0.05) is 22.8 Å². The minimum absolute atomic E-state index is 0.202. The topological polar surface area (TPSA) is 176 Å². The monoisotopic (exact) mass is 743 g/mol. The van der Waals surface area contributed by atoms with E-state index in [1.807, 2.05) is 36.4 Å². The molecule has 1 aliphatic rings. The summed E-state index contributed by atoms with van der Waals surface area (Å²) in [7, 11) is 1.58. The highest BCUT2D eigenvalue weighted by atomic mass is 35.5. The van der Waals surface area contributed by atoms with Crippen LogP contribution in [0, 0.1) is 0 Å². The van der Waals surface area contributed by atoms with E-state index in [-0.39, 0.29) is 32.3 Å². The largest absolute Gasteiger partial charge is 0.493 e. The minimum Gasteiger partial charge on any atom is -0.493 e. The molecule has 4 aromatic carbocycles. The number of benzene rings is 4. The molecule has 53 heavy (non-hydrogen) atoms. The number of aliphatic hydroxyl groups excluding tert-OH is 4. The van der Waals surface area contributed by atoms with Crippen LogP contribution in [0.2, 0.25) is 5.02 Å². The number of fused-ring (bicyclic) bond motifs is 1. The third-order valence-corrected chi connectivity index (χ3v) is 9.37. The van der Waals surface area contributed by atoms with E-state index in [0.29, 0.717) is 86.0 Å². The lowest BCUT2D eigenvalue weighted by molar-refractivity contribution is 0.0935. The molecule has 1 aliphatic heterocycles. The van der Waals surface area contributed by atoms with Crippen LogP contribution >= 0.6 is 11.6 Å². The van der Waals surface area contributed by atoms with Gasteiger partial charge in [0.1, 0.15) is 17.6 Å². The fourth-order valence-electron chi connectivity index (χ4n) is 6.28. The van der Waals surface area contributed by atoms with Crippen LogP contribution in [0.25, 0.3) is 22.6 Å². The molecule has 1 aromatic heterocycles. The Kier molecular flexibility index (Phi) is 12.5. The SMILES string of the molecule is COc1ccc(-c2cc(-c3cc(CO)c(CO)c(CO)c3)on2)cc1OCCCCCCOc1ccc(C2NC(=O)c3cc(Cl)ccc3N2)cc1CO. The molecule has 0 saturated heterocycles. The van der Waals surface area contributed by atoms with Crippen LogP contribution in [0.3, 0.4) is 0 Å². The predicted octanol–water partition coefficient (Wildman–Crippen LogP) is 6.51. The zero-order valence-electron chi connectivity index (χ0n) is 29.2. The van der Waals surface area contributed by atoms with Crippen LogP contribution < -0.4 is 24.8 Å². The predicted molar refractivity (Wildman–Crippen MR) is 199 cm³/mol. The van der Waals surface area contributed by atoms with Gasteiger partial charge in [-0.05, 0) is 109 Å². The molecule has 0 radical (unpaired) electrons. The molecule has 13 heteroatoms. The lowest BCUT2D eigenvalue weighted by Crippen LogP contribution is -2.38. The van der Waals surface area contributed by atoms with E-state index in [1.54, 1.807) is 43.5 Å². The van der Waals surface area contributed by atoms with Crippen molar-refractivity contribution < 1.29 is 44.0 Å². The van der Waals surface area contributed by atoms with Gasteiger partial charge in [0.25, 0.3) is 5.91 Å². The Morgan fingerprint density at radius 1 is 0.717 bits per heavy atom. The number of nitrogens with one attached hydrogen (secondary N) is 2. The van der Waals surface area contributed by atoms with Crippen molar-refractivity contribution in [2.45, 2.75) is 58.3 Å². The first kappa shape index (κ1) is 37.6. The summed E-state index contributed by atoms with van der Waals surface area (Å²) >= 11 is 6.05. The number of aliphatic hydroxyl groups is 4. The number of ether oxygens (including phenoxy) is 3. The lowest BCUT2D eigenvalue weighted by atomic mass is 9.97. The second-order valence-corrected chi connectivity index (χ2v) is 13.0. The van der Waals surface area contributed by atoms with E-state index in [0.717, 1.165) is 36.8 Å². The summed E-state index contributed by atoms with van der Waals surface area (Å²) in [5.74, 6) is 1.99. The molecule has 1 unspecified atom stereocenters. The second kappa shape index (κ2) is 17.6. The number of hydrogen-bond donors (Lipinski definition) is 6. The Balaban J connectivity index is 0.975.